The molecule has 82 valence electrons. The number of rotatable bonds is 3. The van der Waals surface area contributed by atoms with Gasteiger partial charge in [0.15, 0.2) is 0 Å². The van der Waals surface area contributed by atoms with Crippen LogP contribution in [0.1, 0.15) is 11.3 Å². The summed E-state index contributed by atoms with van der Waals surface area (Å²) in [4.78, 5) is 5.64. The first-order chi connectivity index (χ1) is 7.74. The maximum atomic E-state index is 4.35. The van der Waals surface area contributed by atoms with Crippen molar-refractivity contribution in [1.29, 1.82) is 0 Å². The monoisotopic (exact) mass is 293 g/mol. The van der Waals surface area contributed by atoms with Crippen LogP contribution in [0.3, 0.4) is 0 Å². The minimum Gasteiger partial charge on any atom is -0.259 e. The molecule has 0 aliphatic rings. The zero-order valence-corrected chi connectivity index (χ0v) is 11.4. The van der Waals surface area contributed by atoms with Gasteiger partial charge in [-0.3, -0.25) is 4.98 Å². The van der Waals surface area contributed by atoms with Crippen LogP contribution < -0.4 is 0 Å². The predicted molar refractivity (Wildman–Crippen MR) is 72.7 cm³/mol. The van der Waals surface area contributed by atoms with E-state index in [1.165, 1.54) is 10.5 Å². The summed E-state index contributed by atoms with van der Waals surface area (Å²) >= 11 is 5.20. The highest BCUT2D eigenvalue weighted by Crippen LogP contribution is 2.23. The van der Waals surface area contributed by atoms with E-state index < -0.39 is 0 Å². The largest absolute Gasteiger partial charge is 0.259 e. The zero-order chi connectivity index (χ0) is 11.4. The molecule has 0 saturated heterocycles. The number of aromatic nitrogens is 1. The van der Waals surface area contributed by atoms with E-state index in [1.54, 1.807) is 0 Å². The van der Waals surface area contributed by atoms with Crippen molar-refractivity contribution in [2.75, 3.05) is 0 Å². The zero-order valence-electron chi connectivity index (χ0n) is 8.98. The van der Waals surface area contributed by atoms with Crippen molar-refractivity contribution in [1.82, 2.24) is 4.98 Å². The van der Waals surface area contributed by atoms with Gasteiger partial charge in [0.1, 0.15) is 0 Å². The molecule has 0 aliphatic heterocycles. The molecule has 0 saturated carbocycles. The fourth-order valence-corrected chi connectivity index (χ4v) is 2.52. The summed E-state index contributed by atoms with van der Waals surface area (Å²) in [6.07, 6.45) is 1.84. The van der Waals surface area contributed by atoms with Crippen molar-refractivity contribution in [3.8, 4) is 0 Å². The second-order valence-electron chi connectivity index (χ2n) is 3.57. The number of hydrogen-bond acceptors (Lipinski definition) is 2. The van der Waals surface area contributed by atoms with E-state index in [9.17, 15) is 0 Å². The van der Waals surface area contributed by atoms with Gasteiger partial charge >= 0.3 is 0 Å². The van der Waals surface area contributed by atoms with E-state index in [4.69, 9.17) is 0 Å². The van der Waals surface area contributed by atoms with E-state index in [2.05, 4.69) is 52.1 Å². The van der Waals surface area contributed by atoms with Crippen molar-refractivity contribution >= 4 is 27.7 Å². The topological polar surface area (TPSA) is 12.9 Å². The van der Waals surface area contributed by atoms with Crippen LogP contribution in [0.15, 0.2) is 52.0 Å². The molecule has 0 fully saturated rings. The summed E-state index contributed by atoms with van der Waals surface area (Å²) in [5.41, 5.74) is 2.41. The third kappa shape index (κ3) is 3.35. The Balaban J connectivity index is 1.99. The molecule has 1 aromatic heterocycles. The molecule has 2 rings (SSSR count). The molecule has 16 heavy (non-hydrogen) atoms. The van der Waals surface area contributed by atoms with Gasteiger partial charge in [-0.1, -0.05) is 17.7 Å². The number of benzene rings is 1. The molecule has 2 aromatic rings. The fourth-order valence-electron chi connectivity index (χ4n) is 1.35. The average molecular weight is 294 g/mol. The smallest absolute Gasteiger partial charge is 0.0507 e. The average Bonchev–Trinajstić information content (AvgIpc) is 2.28. The molecule has 0 aliphatic carbocycles. The Morgan fingerprint density at radius 2 is 2.12 bits per heavy atom. The van der Waals surface area contributed by atoms with Crippen LogP contribution in [0.25, 0.3) is 0 Å². The van der Waals surface area contributed by atoms with Crippen molar-refractivity contribution < 1.29 is 0 Å². The van der Waals surface area contributed by atoms with E-state index in [0.29, 0.717) is 0 Å². The van der Waals surface area contributed by atoms with Crippen molar-refractivity contribution in [3.05, 3.63) is 58.3 Å². The van der Waals surface area contributed by atoms with Crippen LogP contribution in [0.5, 0.6) is 0 Å². The predicted octanol–water partition coefficient (Wildman–Crippen LogP) is 4.44. The van der Waals surface area contributed by atoms with Gasteiger partial charge in [0, 0.05) is 21.3 Å². The Morgan fingerprint density at radius 1 is 1.25 bits per heavy atom. The van der Waals surface area contributed by atoms with Crippen molar-refractivity contribution in [3.63, 3.8) is 0 Å². The summed E-state index contributed by atoms with van der Waals surface area (Å²) in [6.45, 7) is 2.11. The Bertz CT molecular complexity index is 468. The number of hydrogen-bond donors (Lipinski definition) is 0. The van der Waals surface area contributed by atoms with Gasteiger partial charge in [0.05, 0.1) is 5.69 Å². The summed E-state index contributed by atoms with van der Waals surface area (Å²) in [6, 6.07) is 12.6. The lowest BCUT2D eigenvalue weighted by atomic mass is 10.2. The second-order valence-corrected chi connectivity index (χ2v) is 5.54. The highest BCUT2D eigenvalue weighted by molar-refractivity contribution is 9.10. The van der Waals surface area contributed by atoms with Gasteiger partial charge in [0.2, 0.25) is 0 Å². The molecule has 1 heterocycles. The second kappa shape index (κ2) is 5.51. The summed E-state index contributed by atoms with van der Waals surface area (Å²) in [7, 11) is 0. The number of pyridine rings is 1. The first kappa shape index (κ1) is 11.7. The summed E-state index contributed by atoms with van der Waals surface area (Å²) in [5.74, 6) is 0.913. The first-order valence-corrected chi connectivity index (χ1v) is 6.82. The van der Waals surface area contributed by atoms with Crippen LogP contribution in [0.4, 0.5) is 0 Å². The molecule has 0 N–H and O–H groups in total. The van der Waals surface area contributed by atoms with Gasteiger partial charge in [0.25, 0.3) is 0 Å². The van der Waals surface area contributed by atoms with E-state index in [0.717, 1.165) is 15.9 Å². The molecule has 0 unspecified atom stereocenters. The Morgan fingerprint density at radius 3 is 2.81 bits per heavy atom. The highest BCUT2D eigenvalue weighted by atomic mass is 79.9. The molecular formula is C13H12BrNS. The third-order valence-electron chi connectivity index (χ3n) is 2.16. The number of aryl methyl sites for hydroxylation is 1. The SMILES string of the molecule is Cc1cccc(SCc2ccc(Br)cn2)c1. The van der Waals surface area contributed by atoms with Gasteiger partial charge in [-0.05, 0) is 47.1 Å². The molecule has 0 radical (unpaired) electrons. The molecular weight excluding hydrogens is 282 g/mol. The Hall–Kier alpha value is -0.800. The number of thioether (sulfide) groups is 1. The van der Waals surface area contributed by atoms with Gasteiger partial charge in [-0.15, -0.1) is 11.8 Å². The quantitative estimate of drug-likeness (QED) is 0.776. The van der Waals surface area contributed by atoms with Crippen LogP contribution in [0.2, 0.25) is 0 Å². The molecule has 0 atom stereocenters. The molecule has 1 nitrogen and oxygen atoms in total. The molecule has 0 spiro atoms. The summed E-state index contributed by atoms with van der Waals surface area (Å²) < 4.78 is 1.02. The molecule has 1 aromatic carbocycles. The maximum absolute atomic E-state index is 4.35. The number of halogens is 1. The van der Waals surface area contributed by atoms with E-state index in [-0.39, 0.29) is 0 Å². The van der Waals surface area contributed by atoms with Crippen LogP contribution in [0, 0.1) is 6.92 Å². The van der Waals surface area contributed by atoms with Crippen LogP contribution >= 0.6 is 27.7 Å². The Labute approximate surface area is 108 Å². The summed E-state index contributed by atoms with van der Waals surface area (Å²) in [5, 5.41) is 0. The first-order valence-electron chi connectivity index (χ1n) is 5.04. The van der Waals surface area contributed by atoms with Crippen LogP contribution in [-0.4, -0.2) is 4.98 Å². The minimum absolute atomic E-state index is 0.913. The van der Waals surface area contributed by atoms with Gasteiger partial charge < -0.3 is 0 Å². The van der Waals surface area contributed by atoms with Crippen LogP contribution in [-0.2, 0) is 5.75 Å². The normalized spacial score (nSPS) is 10.4. The minimum atomic E-state index is 0.913. The third-order valence-corrected chi connectivity index (χ3v) is 3.66. The lowest BCUT2D eigenvalue weighted by molar-refractivity contribution is 1.16. The van der Waals surface area contributed by atoms with Gasteiger partial charge in [-0.2, -0.15) is 0 Å². The highest BCUT2D eigenvalue weighted by Gasteiger charge is 1.97. The number of nitrogens with zero attached hydrogens (tertiary/aromatic N) is 1. The molecule has 3 heteroatoms. The standard InChI is InChI=1S/C13H12BrNS/c1-10-3-2-4-13(7-10)16-9-12-6-5-11(14)8-15-12/h2-8H,9H2,1H3. The molecule has 0 bridgehead atoms. The van der Waals surface area contributed by atoms with E-state index >= 15 is 0 Å². The fraction of sp³-hybridized carbons (Fsp3) is 0.154. The Kier molecular flexibility index (Phi) is 4.02. The van der Waals surface area contributed by atoms with E-state index in [1.807, 2.05) is 30.1 Å². The van der Waals surface area contributed by atoms with Crippen molar-refractivity contribution in [2.24, 2.45) is 0 Å². The van der Waals surface area contributed by atoms with Crippen molar-refractivity contribution in [2.45, 2.75) is 17.6 Å². The lowest BCUT2D eigenvalue weighted by Crippen LogP contribution is -1.85. The maximum Gasteiger partial charge on any atom is 0.0507 e. The lowest BCUT2D eigenvalue weighted by Gasteiger charge is -2.02. The van der Waals surface area contributed by atoms with Gasteiger partial charge in [-0.25, -0.2) is 0 Å². The molecule has 0 amide bonds.